The van der Waals surface area contributed by atoms with Gasteiger partial charge in [-0.1, -0.05) is 39.7 Å². The molecule has 0 spiro atoms. The Labute approximate surface area is 142 Å². The molecule has 3 heteroatoms. The van der Waals surface area contributed by atoms with Crippen LogP contribution in [0.5, 0.6) is 11.5 Å². The highest BCUT2D eigenvalue weighted by atomic mass is 16.5. The summed E-state index contributed by atoms with van der Waals surface area (Å²) in [6, 6.07) is 6.34. The average Bonchev–Trinajstić information content (AvgIpc) is 2.55. The molecule has 0 amide bonds. The number of rotatable bonds is 12. The highest BCUT2D eigenvalue weighted by molar-refractivity contribution is 5.43. The number of benzene rings is 1. The van der Waals surface area contributed by atoms with Crippen LogP contribution >= 0.6 is 0 Å². The van der Waals surface area contributed by atoms with E-state index in [0.717, 1.165) is 30.3 Å². The minimum atomic E-state index is 0.650. The topological polar surface area (TPSA) is 27.7 Å². The summed E-state index contributed by atoms with van der Waals surface area (Å²) in [5.41, 5.74) is 1.34. The molecular weight excluding hydrogens is 288 g/mol. The summed E-state index contributed by atoms with van der Waals surface area (Å²) < 4.78 is 16.4. The molecule has 0 radical (unpaired) electrons. The maximum Gasteiger partial charge on any atom is 0.161 e. The Morgan fingerprint density at radius 2 is 1.78 bits per heavy atom. The van der Waals surface area contributed by atoms with E-state index in [1.807, 2.05) is 6.07 Å². The fraction of sp³-hybridized carbons (Fsp3) is 0.700. The summed E-state index contributed by atoms with van der Waals surface area (Å²) >= 11 is 0. The molecule has 0 fully saturated rings. The molecule has 1 atom stereocenters. The van der Waals surface area contributed by atoms with Gasteiger partial charge in [-0.25, -0.2) is 0 Å². The molecule has 132 valence electrons. The largest absolute Gasteiger partial charge is 0.493 e. The maximum absolute atomic E-state index is 5.89. The van der Waals surface area contributed by atoms with Crippen LogP contribution in [0.4, 0.5) is 0 Å². The Morgan fingerprint density at radius 1 is 1.00 bits per heavy atom. The van der Waals surface area contributed by atoms with E-state index in [9.17, 15) is 0 Å². The quantitative estimate of drug-likeness (QED) is 0.500. The minimum Gasteiger partial charge on any atom is -0.493 e. The van der Waals surface area contributed by atoms with Gasteiger partial charge in [0.05, 0.1) is 13.7 Å². The first kappa shape index (κ1) is 19.8. The highest BCUT2D eigenvalue weighted by Crippen LogP contribution is 2.31. The molecule has 0 aliphatic heterocycles. The molecule has 0 aliphatic rings. The second-order valence-corrected chi connectivity index (χ2v) is 6.53. The number of hydrogen-bond donors (Lipinski definition) is 0. The lowest BCUT2D eigenvalue weighted by Gasteiger charge is -2.21. The van der Waals surface area contributed by atoms with Crippen LogP contribution < -0.4 is 9.47 Å². The van der Waals surface area contributed by atoms with Crippen molar-refractivity contribution in [2.24, 2.45) is 11.8 Å². The van der Waals surface area contributed by atoms with Crippen molar-refractivity contribution in [2.75, 3.05) is 27.4 Å². The summed E-state index contributed by atoms with van der Waals surface area (Å²) in [5.74, 6) is 3.08. The number of unbranched alkanes of at least 4 members (excludes halogenated alkanes) is 1. The Balaban J connectivity index is 2.74. The smallest absolute Gasteiger partial charge is 0.161 e. The Kier molecular flexibility index (Phi) is 9.77. The Morgan fingerprint density at radius 3 is 2.39 bits per heavy atom. The van der Waals surface area contributed by atoms with Crippen molar-refractivity contribution in [3.8, 4) is 11.5 Å². The summed E-state index contributed by atoms with van der Waals surface area (Å²) in [6.07, 6.45) is 5.86. The maximum atomic E-state index is 5.89. The van der Waals surface area contributed by atoms with E-state index >= 15 is 0 Å². The van der Waals surface area contributed by atoms with Gasteiger partial charge in [0, 0.05) is 20.1 Å². The van der Waals surface area contributed by atoms with Crippen LogP contribution in [0.25, 0.3) is 0 Å². The average molecular weight is 322 g/mol. The van der Waals surface area contributed by atoms with E-state index < -0.39 is 0 Å². The van der Waals surface area contributed by atoms with E-state index in [1.54, 1.807) is 14.2 Å². The predicted octanol–water partition coefficient (Wildman–Crippen LogP) is 5.12. The van der Waals surface area contributed by atoms with Crippen molar-refractivity contribution in [1.82, 2.24) is 0 Å². The monoisotopic (exact) mass is 322 g/mol. The number of methoxy groups -OCH3 is 2. The van der Waals surface area contributed by atoms with Gasteiger partial charge in [-0.2, -0.15) is 0 Å². The predicted molar refractivity (Wildman–Crippen MR) is 96.5 cm³/mol. The molecule has 1 unspecified atom stereocenters. The van der Waals surface area contributed by atoms with Crippen molar-refractivity contribution >= 4 is 0 Å². The second kappa shape index (κ2) is 11.3. The Bertz CT molecular complexity index is 429. The first-order chi connectivity index (χ1) is 11.1. The molecule has 1 aromatic rings. The molecule has 1 rings (SSSR count). The van der Waals surface area contributed by atoms with Gasteiger partial charge in [0.25, 0.3) is 0 Å². The summed E-state index contributed by atoms with van der Waals surface area (Å²) in [5, 5.41) is 0. The van der Waals surface area contributed by atoms with Gasteiger partial charge in [-0.3, -0.25) is 0 Å². The van der Waals surface area contributed by atoms with E-state index in [1.165, 1.54) is 24.8 Å². The molecule has 0 heterocycles. The zero-order chi connectivity index (χ0) is 17.1. The van der Waals surface area contributed by atoms with Crippen LogP contribution in [-0.2, 0) is 11.2 Å². The number of ether oxygens (including phenoxy) is 3. The van der Waals surface area contributed by atoms with Gasteiger partial charge in [-0.05, 0) is 42.4 Å². The summed E-state index contributed by atoms with van der Waals surface area (Å²) in [7, 11) is 3.40. The van der Waals surface area contributed by atoms with Crippen molar-refractivity contribution in [1.29, 1.82) is 0 Å². The van der Waals surface area contributed by atoms with Crippen LogP contribution in [-0.4, -0.2) is 27.4 Å². The number of hydrogen-bond acceptors (Lipinski definition) is 3. The Hall–Kier alpha value is -1.22. The zero-order valence-electron chi connectivity index (χ0n) is 15.6. The van der Waals surface area contributed by atoms with Crippen LogP contribution in [0.2, 0.25) is 0 Å². The minimum absolute atomic E-state index is 0.650. The summed E-state index contributed by atoms with van der Waals surface area (Å²) in [6.45, 7) is 8.28. The van der Waals surface area contributed by atoms with E-state index in [-0.39, 0.29) is 0 Å². The van der Waals surface area contributed by atoms with Crippen LogP contribution in [0.15, 0.2) is 18.2 Å². The van der Waals surface area contributed by atoms with Crippen molar-refractivity contribution in [3.63, 3.8) is 0 Å². The van der Waals surface area contributed by atoms with Gasteiger partial charge in [0.2, 0.25) is 0 Å². The zero-order valence-corrected chi connectivity index (χ0v) is 15.6. The lowest BCUT2D eigenvalue weighted by molar-refractivity contribution is 0.170. The van der Waals surface area contributed by atoms with Crippen molar-refractivity contribution in [3.05, 3.63) is 23.8 Å². The molecule has 3 nitrogen and oxygen atoms in total. The molecule has 1 aromatic carbocycles. The molecule has 0 aliphatic carbocycles. The first-order valence-electron chi connectivity index (χ1n) is 8.91. The highest BCUT2D eigenvalue weighted by Gasteiger charge is 2.15. The SMILES string of the molecule is CCCCC(Cc1ccc(OC)c(OCCCOC)c1)C(C)C. The van der Waals surface area contributed by atoms with Crippen LogP contribution in [0, 0.1) is 11.8 Å². The van der Waals surface area contributed by atoms with Crippen molar-refractivity contribution < 1.29 is 14.2 Å². The molecule has 0 N–H and O–H groups in total. The van der Waals surface area contributed by atoms with Crippen LogP contribution in [0.1, 0.15) is 52.0 Å². The lowest BCUT2D eigenvalue weighted by atomic mass is 9.85. The van der Waals surface area contributed by atoms with Gasteiger partial charge < -0.3 is 14.2 Å². The van der Waals surface area contributed by atoms with Gasteiger partial charge in [0.1, 0.15) is 0 Å². The fourth-order valence-corrected chi connectivity index (χ4v) is 2.79. The van der Waals surface area contributed by atoms with Crippen molar-refractivity contribution in [2.45, 2.75) is 52.9 Å². The molecule has 0 saturated heterocycles. The first-order valence-corrected chi connectivity index (χ1v) is 8.91. The summed E-state index contributed by atoms with van der Waals surface area (Å²) in [4.78, 5) is 0. The molecule has 23 heavy (non-hydrogen) atoms. The van der Waals surface area contributed by atoms with Gasteiger partial charge >= 0.3 is 0 Å². The second-order valence-electron chi connectivity index (χ2n) is 6.53. The van der Waals surface area contributed by atoms with Gasteiger partial charge in [0.15, 0.2) is 11.5 Å². The lowest BCUT2D eigenvalue weighted by Crippen LogP contribution is -2.12. The molecular formula is C20H34O3. The van der Waals surface area contributed by atoms with Gasteiger partial charge in [-0.15, -0.1) is 0 Å². The van der Waals surface area contributed by atoms with E-state index in [0.29, 0.717) is 19.1 Å². The normalized spacial score (nSPS) is 12.4. The fourth-order valence-electron chi connectivity index (χ4n) is 2.79. The molecule has 0 saturated carbocycles. The van der Waals surface area contributed by atoms with E-state index in [2.05, 4.69) is 32.9 Å². The third-order valence-corrected chi connectivity index (χ3v) is 4.35. The standard InChI is InChI=1S/C20H34O3/c1-6-7-9-18(16(2)3)14-17-10-11-19(22-5)20(15-17)23-13-8-12-21-4/h10-11,15-16,18H,6-9,12-14H2,1-5H3. The third-order valence-electron chi connectivity index (χ3n) is 4.35. The van der Waals surface area contributed by atoms with Crippen LogP contribution in [0.3, 0.4) is 0 Å². The third kappa shape index (κ3) is 7.26. The molecule has 0 aromatic heterocycles. The van der Waals surface area contributed by atoms with E-state index in [4.69, 9.17) is 14.2 Å². The molecule has 0 bridgehead atoms.